The van der Waals surface area contributed by atoms with Gasteiger partial charge in [-0.3, -0.25) is 0 Å². The molecule has 0 fully saturated rings. The van der Waals surface area contributed by atoms with Crippen LogP contribution in [0.1, 0.15) is 11.1 Å². The Morgan fingerprint density at radius 2 is 1.95 bits per heavy atom. The number of rotatable bonds is 5. The summed E-state index contributed by atoms with van der Waals surface area (Å²) in [6.07, 6.45) is 2.49. The van der Waals surface area contributed by atoms with E-state index in [-0.39, 0.29) is 0 Å². The summed E-state index contributed by atoms with van der Waals surface area (Å²) in [6.45, 7) is 2.63. The Labute approximate surface area is 127 Å². The molecule has 0 unspecified atom stereocenters. The SMILES string of the molecule is COCCc1ccc(Oc2ncc(N)c(C)c2Br)cc1. The average molecular weight is 337 g/mol. The molecule has 0 spiro atoms. The van der Waals surface area contributed by atoms with Crippen LogP contribution < -0.4 is 10.5 Å². The molecule has 20 heavy (non-hydrogen) atoms. The number of pyridine rings is 1. The molecule has 0 aliphatic carbocycles. The lowest BCUT2D eigenvalue weighted by Gasteiger charge is -2.10. The molecule has 0 amide bonds. The van der Waals surface area contributed by atoms with Crippen molar-refractivity contribution in [3.63, 3.8) is 0 Å². The Bertz CT molecular complexity index is 585. The van der Waals surface area contributed by atoms with E-state index >= 15 is 0 Å². The molecule has 2 N–H and O–H groups in total. The van der Waals surface area contributed by atoms with Crippen LogP contribution in [0.2, 0.25) is 0 Å². The highest BCUT2D eigenvalue weighted by molar-refractivity contribution is 9.10. The van der Waals surface area contributed by atoms with E-state index in [9.17, 15) is 0 Å². The van der Waals surface area contributed by atoms with Gasteiger partial charge in [0.25, 0.3) is 0 Å². The second-order valence-corrected chi connectivity index (χ2v) is 5.24. The molecule has 0 radical (unpaired) electrons. The Morgan fingerprint density at radius 3 is 2.60 bits per heavy atom. The standard InChI is InChI=1S/C15H17BrN2O2/c1-10-13(17)9-18-15(14(10)16)20-12-5-3-11(4-6-12)7-8-19-2/h3-6,9H,7-8,17H2,1-2H3. The topological polar surface area (TPSA) is 57.4 Å². The van der Waals surface area contributed by atoms with Crippen molar-refractivity contribution in [1.82, 2.24) is 4.98 Å². The molecular weight excluding hydrogens is 320 g/mol. The first-order chi connectivity index (χ1) is 9.61. The van der Waals surface area contributed by atoms with Crippen molar-refractivity contribution < 1.29 is 9.47 Å². The number of nitrogens with two attached hydrogens (primary N) is 1. The van der Waals surface area contributed by atoms with Crippen molar-refractivity contribution in [3.05, 3.63) is 46.1 Å². The molecule has 0 saturated carbocycles. The number of nitrogens with zero attached hydrogens (tertiary/aromatic N) is 1. The third-order valence-electron chi connectivity index (χ3n) is 3.00. The van der Waals surface area contributed by atoms with E-state index in [4.69, 9.17) is 15.2 Å². The lowest BCUT2D eigenvalue weighted by atomic mass is 10.1. The normalized spacial score (nSPS) is 10.6. The summed E-state index contributed by atoms with van der Waals surface area (Å²) in [7, 11) is 1.70. The molecule has 2 aromatic rings. The number of hydrogen-bond acceptors (Lipinski definition) is 4. The summed E-state index contributed by atoms with van der Waals surface area (Å²) in [4.78, 5) is 4.19. The molecule has 4 nitrogen and oxygen atoms in total. The fraction of sp³-hybridized carbons (Fsp3) is 0.267. The highest BCUT2D eigenvalue weighted by atomic mass is 79.9. The van der Waals surface area contributed by atoms with Crippen LogP contribution in [0.3, 0.4) is 0 Å². The molecule has 0 saturated heterocycles. The fourth-order valence-corrected chi connectivity index (χ4v) is 2.11. The number of benzene rings is 1. The molecule has 1 aromatic heterocycles. The zero-order valence-corrected chi connectivity index (χ0v) is 13.1. The van der Waals surface area contributed by atoms with Gasteiger partial charge in [-0.2, -0.15) is 0 Å². The van der Waals surface area contributed by atoms with Crippen LogP contribution in [0.25, 0.3) is 0 Å². The molecule has 0 aliphatic heterocycles. The van der Waals surface area contributed by atoms with Gasteiger partial charge in [0.2, 0.25) is 5.88 Å². The fourth-order valence-electron chi connectivity index (χ4n) is 1.70. The lowest BCUT2D eigenvalue weighted by Crippen LogP contribution is -1.97. The van der Waals surface area contributed by atoms with Crippen molar-refractivity contribution in [3.8, 4) is 11.6 Å². The van der Waals surface area contributed by atoms with Crippen LogP contribution in [0.15, 0.2) is 34.9 Å². The first-order valence-electron chi connectivity index (χ1n) is 6.28. The van der Waals surface area contributed by atoms with Crippen LogP contribution >= 0.6 is 15.9 Å². The molecule has 0 bridgehead atoms. The maximum absolute atomic E-state index is 5.79. The van der Waals surface area contributed by atoms with Gasteiger partial charge in [0.15, 0.2) is 0 Å². The lowest BCUT2D eigenvalue weighted by molar-refractivity contribution is 0.202. The second kappa shape index (κ2) is 6.72. The van der Waals surface area contributed by atoms with Gasteiger partial charge in [0, 0.05) is 7.11 Å². The van der Waals surface area contributed by atoms with Crippen molar-refractivity contribution in [2.24, 2.45) is 0 Å². The Kier molecular flexibility index (Phi) is 4.98. The summed E-state index contributed by atoms with van der Waals surface area (Å²) < 4.78 is 11.6. The monoisotopic (exact) mass is 336 g/mol. The maximum atomic E-state index is 5.79. The van der Waals surface area contributed by atoms with Crippen LogP contribution in [0, 0.1) is 6.92 Å². The van der Waals surface area contributed by atoms with Gasteiger partial charge >= 0.3 is 0 Å². The summed E-state index contributed by atoms with van der Waals surface area (Å²) >= 11 is 3.45. The van der Waals surface area contributed by atoms with E-state index in [0.717, 1.165) is 22.2 Å². The summed E-state index contributed by atoms with van der Waals surface area (Å²) in [5, 5.41) is 0. The van der Waals surface area contributed by atoms with Crippen LogP contribution in [-0.2, 0) is 11.2 Å². The molecule has 2 rings (SSSR count). The van der Waals surface area contributed by atoms with E-state index in [1.807, 2.05) is 31.2 Å². The van der Waals surface area contributed by atoms with Gasteiger partial charge in [-0.05, 0) is 52.5 Å². The number of methoxy groups -OCH3 is 1. The molecule has 5 heteroatoms. The van der Waals surface area contributed by atoms with Gasteiger partial charge in [-0.15, -0.1) is 0 Å². The molecule has 1 aromatic carbocycles. The quantitative estimate of drug-likeness (QED) is 0.903. The third kappa shape index (κ3) is 3.49. The number of anilines is 1. The zero-order chi connectivity index (χ0) is 14.5. The minimum absolute atomic E-state index is 0.515. The van der Waals surface area contributed by atoms with E-state index in [2.05, 4.69) is 20.9 Å². The summed E-state index contributed by atoms with van der Waals surface area (Å²) in [5.74, 6) is 1.25. The highest BCUT2D eigenvalue weighted by Gasteiger charge is 2.09. The zero-order valence-electron chi connectivity index (χ0n) is 11.5. The first-order valence-corrected chi connectivity index (χ1v) is 7.07. The minimum Gasteiger partial charge on any atom is -0.438 e. The predicted octanol–water partition coefficient (Wildman–Crippen LogP) is 3.72. The van der Waals surface area contributed by atoms with Crippen molar-refractivity contribution in [1.29, 1.82) is 0 Å². The van der Waals surface area contributed by atoms with Gasteiger partial charge < -0.3 is 15.2 Å². The smallest absolute Gasteiger partial charge is 0.233 e. The third-order valence-corrected chi connectivity index (χ3v) is 3.94. The number of nitrogen functional groups attached to an aromatic ring is 1. The van der Waals surface area contributed by atoms with Crippen molar-refractivity contribution >= 4 is 21.6 Å². The number of hydrogen-bond donors (Lipinski definition) is 1. The number of aromatic nitrogens is 1. The molecule has 1 heterocycles. The van der Waals surface area contributed by atoms with Crippen LogP contribution in [0.4, 0.5) is 5.69 Å². The van der Waals surface area contributed by atoms with Gasteiger partial charge in [0.1, 0.15) is 5.75 Å². The highest BCUT2D eigenvalue weighted by Crippen LogP contribution is 2.32. The average Bonchev–Trinajstić information content (AvgIpc) is 2.47. The van der Waals surface area contributed by atoms with Gasteiger partial charge in [-0.25, -0.2) is 4.98 Å². The largest absolute Gasteiger partial charge is 0.438 e. The Hall–Kier alpha value is -1.59. The summed E-state index contributed by atoms with van der Waals surface area (Å²) in [5.41, 5.74) is 8.56. The molecule has 106 valence electrons. The second-order valence-electron chi connectivity index (χ2n) is 4.45. The van der Waals surface area contributed by atoms with E-state index < -0.39 is 0 Å². The van der Waals surface area contributed by atoms with E-state index in [1.54, 1.807) is 13.3 Å². The minimum atomic E-state index is 0.515. The van der Waals surface area contributed by atoms with Crippen molar-refractivity contribution in [2.45, 2.75) is 13.3 Å². The van der Waals surface area contributed by atoms with E-state index in [1.165, 1.54) is 5.56 Å². The van der Waals surface area contributed by atoms with E-state index in [0.29, 0.717) is 18.2 Å². The Morgan fingerprint density at radius 1 is 1.25 bits per heavy atom. The van der Waals surface area contributed by atoms with Crippen molar-refractivity contribution in [2.75, 3.05) is 19.5 Å². The van der Waals surface area contributed by atoms with Crippen LogP contribution in [-0.4, -0.2) is 18.7 Å². The number of ether oxygens (including phenoxy) is 2. The van der Waals surface area contributed by atoms with Crippen LogP contribution in [0.5, 0.6) is 11.6 Å². The van der Waals surface area contributed by atoms with Gasteiger partial charge in [0.05, 0.1) is 23.0 Å². The predicted molar refractivity (Wildman–Crippen MR) is 83.2 cm³/mol. The number of halogens is 1. The first kappa shape index (κ1) is 14.8. The van der Waals surface area contributed by atoms with Gasteiger partial charge in [-0.1, -0.05) is 12.1 Å². The molecule has 0 atom stereocenters. The Balaban J connectivity index is 2.12. The molecule has 0 aliphatic rings. The summed E-state index contributed by atoms with van der Waals surface area (Å²) in [6, 6.07) is 7.88. The molecular formula is C15H17BrN2O2. The maximum Gasteiger partial charge on any atom is 0.233 e.